The number of carbonyl (C=O) groups is 4. The van der Waals surface area contributed by atoms with Crippen molar-refractivity contribution in [3.05, 3.63) is 88.0 Å². The summed E-state index contributed by atoms with van der Waals surface area (Å²) in [7, 11) is 0. The van der Waals surface area contributed by atoms with Crippen LogP contribution in [0.2, 0.25) is 0 Å². The molecule has 3 N–H and O–H groups in total. The predicted molar refractivity (Wildman–Crippen MR) is 129 cm³/mol. The van der Waals surface area contributed by atoms with Gasteiger partial charge >= 0.3 is 5.97 Å². The van der Waals surface area contributed by atoms with E-state index in [1.807, 2.05) is 18.2 Å². The van der Waals surface area contributed by atoms with Crippen LogP contribution in [0, 0.1) is 0 Å². The molecule has 0 fully saturated rings. The first-order chi connectivity index (χ1) is 17.4. The lowest BCUT2D eigenvalue weighted by Crippen LogP contribution is -2.31. The molecule has 182 valence electrons. The van der Waals surface area contributed by atoms with Crippen LogP contribution >= 0.6 is 0 Å². The third kappa shape index (κ3) is 4.26. The van der Waals surface area contributed by atoms with Gasteiger partial charge in [0, 0.05) is 23.2 Å². The number of ketones is 2. The van der Waals surface area contributed by atoms with Crippen molar-refractivity contribution in [3.63, 3.8) is 0 Å². The molecule has 1 amide bonds. The number of nitrogens with two attached hydrogens (primary N) is 1. The Balaban J connectivity index is 1.19. The Hall–Kier alpha value is -4.66. The average Bonchev–Trinajstić information content (AvgIpc) is 2.90. The lowest BCUT2D eigenvalue weighted by atomic mass is 9.82. The molecular weight excluding hydrogens is 464 g/mol. The molecule has 1 aliphatic heterocycles. The fourth-order valence-electron chi connectivity index (χ4n) is 4.24. The van der Waals surface area contributed by atoms with Gasteiger partial charge in [-0.25, -0.2) is 4.79 Å². The standard InChI is InChI=1S/C27H22N2O7/c28-24-19(7-6-18-23(24)26(32)17-4-2-1-3-16(17)25(18)31)27(33)36-14-22(30)29-10-9-15-5-8-20-21(13-15)35-12-11-34-20/h1-8,13H,9-12,14,28H2,(H,29,30). The molecule has 0 radical (unpaired) electrons. The van der Waals surface area contributed by atoms with E-state index in [0.717, 1.165) is 5.56 Å². The molecule has 9 nitrogen and oxygen atoms in total. The number of nitrogens with one attached hydrogen (secondary N) is 1. The summed E-state index contributed by atoms with van der Waals surface area (Å²) >= 11 is 0. The Labute approximate surface area is 206 Å². The number of amides is 1. The normalized spacial score (nSPS) is 13.4. The van der Waals surface area contributed by atoms with Gasteiger partial charge in [0.1, 0.15) is 13.2 Å². The first kappa shape index (κ1) is 23.1. The van der Waals surface area contributed by atoms with Crippen molar-refractivity contribution < 1.29 is 33.4 Å². The van der Waals surface area contributed by atoms with Crippen molar-refractivity contribution in [3.8, 4) is 11.5 Å². The van der Waals surface area contributed by atoms with E-state index in [2.05, 4.69) is 5.32 Å². The molecule has 0 saturated heterocycles. The van der Waals surface area contributed by atoms with Gasteiger partial charge in [-0.05, 0) is 36.2 Å². The van der Waals surface area contributed by atoms with Crippen LogP contribution in [-0.2, 0) is 16.0 Å². The van der Waals surface area contributed by atoms with Crippen molar-refractivity contribution in [2.45, 2.75) is 6.42 Å². The number of benzene rings is 3. The minimum absolute atomic E-state index is 0.0305. The quantitative estimate of drug-likeness (QED) is 0.313. The molecule has 0 bridgehead atoms. The van der Waals surface area contributed by atoms with Crippen molar-refractivity contribution >= 4 is 29.1 Å². The van der Waals surface area contributed by atoms with E-state index in [-0.39, 0.29) is 39.3 Å². The van der Waals surface area contributed by atoms with Gasteiger partial charge in [-0.15, -0.1) is 0 Å². The Bertz CT molecular complexity index is 1410. The molecular formula is C27H22N2O7. The van der Waals surface area contributed by atoms with Crippen LogP contribution in [-0.4, -0.2) is 49.8 Å². The zero-order valence-electron chi connectivity index (χ0n) is 19.2. The highest BCUT2D eigenvalue weighted by atomic mass is 16.6. The first-order valence-corrected chi connectivity index (χ1v) is 11.4. The van der Waals surface area contributed by atoms with E-state index in [0.29, 0.717) is 37.7 Å². The fourth-order valence-corrected chi connectivity index (χ4v) is 4.24. The minimum Gasteiger partial charge on any atom is -0.486 e. The molecule has 1 aliphatic carbocycles. The lowest BCUT2D eigenvalue weighted by Gasteiger charge is -2.20. The van der Waals surface area contributed by atoms with E-state index in [4.69, 9.17) is 19.9 Å². The third-order valence-electron chi connectivity index (χ3n) is 6.03. The molecule has 0 spiro atoms. The number of esters is 1. The summed E-state index contributed by atoms with van der Waals surface area (Å²) in [5, 5.41) is 2.69. The van der Waals surface area contributed by atoms with Gasteiger partial charge < -0.3 is 25.3 Å². The van der Waals surface area contributed by atoms with Gasteiger partial charge in [-0.3, -0.25) is 14.4 Å². The molecule has 0 atom stereocenters. The number of nitrogen functional groups attached to an aromatic ring is 1. The van der Waals surface area contributed by atoms with Crippen LogP contribution in [0.15, 0.2) is 54.6 Å². The van der Waals surface area contributed by atoms with Crippen LogP contribution in [0.4, 0.5) is 5.69 Å². The Morgan fingerprint density at radius 3 is 2.39 bits per heavy atom. The largest absolute Gasteiger partial charge is 0.486 e. The zero-order chi connectivity index (χ0) is 25.2. The van der Waals surface area contributed by atoms with Crippen molar-refractivity contribution in [1.29, 1.82) is 0 Å². The number of rotatable bonds is 6. The molecule has 0 unspecified atom stereocenters. The number of fused-ring (bicyclic) bond motifs is 3. The van der Waals surface area contributed by atoms with Crippen LogP contribution in [0.3, 0.4) is 0 Å². The molecule has 3 aromatic carbocycles. The lowest BCUT2D eigenvalue weighted by molar-refractivity contribution is -0.124. The van der Waals surface area contributed by atoms with Gasteiger partial charge in [0.05, 0.1) is 16.8 Å². The Morgan fingerprint density at radius 2 is 1.61 bits per heavy atom. The monoisotopic (exact) mass is 486 g/mol. The maximum atomic E-state index is 13.0. The predicted octanol–water partition coefficient (Wildman–Crippen LogP) is 2.33. The SMILES string of the molecule is Nc1c(C(=O)OCC(=O)NCCc2ccc3c(c2)OCCO3)ccc2c1C(=O)c1ccccc1C2=O. The maximum absolute atomic E-state index is 13.0. The highest BCUT2D eigenvalue weighted by Gasteiger charge is 2.33. The van der Waals surface area contributed by atoms with E-state index in [1.54, 1.807) is 18.2 Å². The van der Waals surface area contributed by atoms with E-state index < -0.39 is 24.3 Å². The second-order valence-corrected chi connectivity index (χ2v) is 8.31. The second kappa shape index (κ2) is 9.53. The number of hydrogen-bond donors (Lipinski definition) is 2. The Morgan fingerprint density at radius 1 is 0.889 bits per heavy atom. The highest BCUT2D eigenvalue weighted by molar-refractivity contribution is 6.30. The van der Waals surface area contributed by atoms with Crippen LogP contribution < -0.4 is 20.5 Å². The highest BCUT2D eigenvalue weighted by Crippen LogP contribution is 2.33. The molecule has 0 saturated carbocycles. The van der Waals surface area contributed by atoms with Gasteiger partial charge in [0.15, 0.2) is 29.7 Å². The van der Waals surface area contributed by atoms with Crippen LogP contribution in [0.5, 0.6) is 11.5 Å². The van der Waals surface area contributed by atoms with Crippen molar-refractivity contribution in [2.24, 2.45) is 0 Å². The summed E-state index contributed by atoms with van der Waals surface area (Å²) in [5.41, 5.74) is 7.46. The number of anilines is 1. The average molecular weight is 486 g/mol. The van der Waals surface area contributed by atoms with Gasteiger partial charge in [0.25, 0.3) is 5.91 Å². The third-order valence-corrected chi connectivity index (χ3v) is 6.03. The summed E-state index contributed by atoms with van der Waals surface area (Å²) < 4.78 is 16.1. The van der Waals surface area contributed by atoms with Crippen molar-refractivity contribution in [2.75, 3.05) is 32.1 Å². The minimum atomic E-state index is -0.864. The van der Waals surface area contributed by atoms with Crippen molar-refractivity contribution in [1.82, 2.24) is 5.32 Å². The Kier molecular flexibility index (Phi) is 6.12. The summed E-state index contributed by atoms with van der Waals surface area (Å²) in [6.07, 6.45) is 0.547. The van der Waals surface area contributed by atoms with Gasteiger partial charge in [-0.2, -0.15) is 0 Å². The zero-order valence-corrected chi connectivity index (χ0v) is 19.2. The second-order valence-electron chi connectivity index (χ2n) is 8.31. The molecule has 3 aromatic rings. The number of carbonyl (C=O) groups excluding carboxylic acids is 4. The van der Waals surface area contributed by atoms with Crippen LogP contribution in [0.25, 0.3) is 0 Å². The molecule has 9 heteroatoms. The van der Waals surface area contributed by atoms with E-state index in [1.165, 1.54) is 18.2 Å². The molecule has 36 heavy (non-hydrogen) atoms. The number of ether oxygens (including phenoxy) is 3. The van der Waals surface area contributed by atoms with Crippen LogP contribution in [0.1, 0.15) is 47.8 Å². The first-order valence-electron chi connectivity index (χ1n) is 11.4. The summed E-state index contributed by atoms with van der Waals surface area (Å²) in [5.74, 6) is -0.773. The van der Waals surface area contributed by atoms with Gasteiger partial charge in [-0.1, -0.05) is 30.3 Å². The maximum Gasteiger partial charge on any atom is 0.340 e. The molecule has 1 heterocycles. The summed E-state index contributed by atoms with van der Waals surface area (Å²) in [6.45, 7) is 0.810. The molecule has 0 aromatic heterocycles. The topological polar surface area (TPSA) is 134 Å². The van der Waals surface area contributed by atoms with Gasteiger partial charge in [0.2, 0.25) is 0 Å². The van der Waals surface area contributed by atoms with E-state index >= 15 is 0 Å². The molecule has 2 aliphatic rings. The summed E-state index contributed by atoms with van der Waals surface area (Å²) in [4.78, 5) is 50.6. The smallest absolute Gasteiger partial charge is 0.340 e. The summed E-state index contributed by atoms with van der Waals surface area (Å²) in [6, 6.07) is 14.7. The van der Waals surface area contributed by atoms with E-state index in [9.17, 15) is 19.2 Å². The number of hydrogen-bond acceptors (Lipinski definition) is 8. The molecule has 5 rings (SSSR count). The fraction of sp³-hybridized carbons (Fsp3) is 0.185.